The Bertz CT molecular complexity index is 1750. The minimum atomic E-state index is -0.218. The number of rotatable bonds is 14. The highest BCUT2D eigenvalue weighted by Gasteiger charge is 2.16. The number of hydrogen-bond donors (Lipinski definition) is 1. The van der Waals surface area contributed by atoms with Gasteiger partial charge in [-0.3, -0.25) is 4.79 Å². The Morgan fingerprint density at radius 2 is 1.36 bits per heavy atom. The Hall–Kier alpha value is -4.47. The van der Waals surface area contributed by atoms with Gasteiger partial charge in [0.1, 0.15) is 24.7 Å². The predicted octanol–water partition coefficient (Wildman–Crippen LogP) is 7.87. The average molecular weight is 596 g/mol. The second kappa shape index (κ2) is 14.8. The van der Waals surface area contributed by atoms with Gasteiger partial charge in [-0.05, 0) is 82.9 Å². The lowest BCUT2D eigenvalue weighted by atomic mass is 10.0. The first kappa shape index (κ1) is 31.0. The quantitative estimate of drug-likeness (QED) is 0.0795. The number of anilines is 1. The molecule has 0 spiro atoms. The van der Waals surface area contributed by atoms with Crippen molar-refractivity contribution in [3.8, 4) is 11.5 Å². The third-order valence-corrected chi connectivity index (χ3v) is 7.30. The lowest BCUT2D eigenvalue weighted by Crippen LogP contribution is -2.15. The Balaban J connectivity index is 1.28. The lowest BCUT2D eigenvalue weighted by molar-refractivity contribution is -0.282. The predicted molar refractivity (Wildman–Crippen MR) is 171 cm³/mol. The molecule has 0 saturated heterocycles. The minimum Gasteiger partial charge on any atom is -0.493 e. The highest BCUT2D eigenvalue weighted by molar-refractivity contribution is 6.09. The van der Waals surface area contributed by atoms with Crippen molar-refractivity contribution in [3.05, 3.63) is 113 Å². The van der Waals surface area contributed by atoms with Crippen LogP contribution in [0.4, 0.5) is 5.69 Å². The van der Waals surface area contributed by atoms with Crippen molar-refractivity contribution < 1.29 is 33.8 Å². The van der Waals surface area contributed by atoms with Crippen LogP contribution in [0.5, 0.6) is 11.5 Å². The fraction of sp³-hybridized carbons (Fsp3) is 0.250. The van der Waals surface area contributed by atoms with E-state index in [-0.39, 0.29) is 12.5 Å². The highest BCUT2D eigenvalue weighted by atomic mass is 17.2. The standard InChI is InChI=1S/C36H37NO7/c1-24-10-12-27-21-35(32(19-29(27)16-24)36(38)37-33-9-6-5-8-25(33)2)42-15-7-14-41-34-20-28-13-11-26(22-43-39-3)17-30(28)18-31(34)23-44-40-4/h5-6,8-13,16-21H,7,14-15,22-23H2,1-4H3,(H,37,38). The van der Waals surface area contributed by atoms with Crippen LogP contribution in [0.3, 0.4) is 0 Å². The van der Waals surface area contributed by atoms with Gasteiger partial charge in [-0.2, -0.15) is 0 Å². The molecule has 228 valence electrons. The second-order valence-corrected chi connectivity index (χ2v) is 10.5. The van der Waals surface area contributed by atoms with Crippen molar-refractivity contribution in [2.75, 3.05) is 32.8 Å². The molecular formula is C36H37NO7. The first-order chi connectivity index (χ1) is 21.4. The van der Waals surface area contributed by atoms with E-state index >= 15 is 0 Å². The molecule has 0 unspecified atom stereocenters. The van der Waals surface area contributed by atoms with E-state index in [9.17, 15) is 4.79 Å². The first-order valence-corrected chi connectivity index (χ1v) is 14.5. The van der Waals surface area contributed by atoms with E-state index in [4.69, 9.17) is 29.0 Å². The monoisotopic (exact) mass is 595 g/mol. The van der Waals surface area contributed by atoms with Crippen molar-refractivity contribution in [1.29, 1.82) is 0 Å². The van der Waals surface area contributed by atoms with Crippen molar-refractivity contribution in [1.82, 2.24) is 0 Å². The summed E-state index contributed by atoms with van der Waals surface area (Å²) in [6, 6.07) is 27.8. The van der Waals surface area contributed by atoms with Crippen molar-refractivity contribution >= 4 is 33.1 Å². The maximum absolute atomic E-state index is 13.4. The Kier molecular flexibility index (Phi) is 10.4. The van der Waals surface area contributed by atoms with Crippen LogP contribution in [0, 0.1) is 13.8 Å². The number of aryl methyl sites for hydroxylation is 2. The van der Waals surface area contributed by atoms with Gasteiger partial charge in [-0.1, -0.05) is 54.1 Å². The van der Waals surface area contributed by atoms with Crippen LogP contribution in [-0.4, -0.2) is 33.3 Å². The molecule has 0 radical (unpaired) electrons. The number of ether oxygens (including phenoxy) is 2. The molecule has 0 fully saturated rings. The van der Waals surface area contributed by atoms with Crippen LogP contribution in [0.2, 0.25) is 0 Å². The third kappa shape index (κ3) is 7.72. The van der Waals surface area contributed by atoms with E-state index in [1.165, 1.54) is 14.2 Å². The summed E-state index contributed by atoms with van der Waals surface area (Å²) in [5.41, 5.74) is 5.20. The molecule has 1 amide bonds. The zero-order valence-electron chi connectivity index (χ0n) is 25.5. The molecule has 5 aromatic carbocycles. The summed E-state index contributed by atoms with van der Waals surface area (Å²) in [6.07, 6.45) is 0.598. The molecule has 44 heavy (non-hydrogen) atoms. The summed E-state index contributed by atoms with van der Waals surface area (Å²) >= 11 is 0. The molecule has 0 bridgehead atoms. The Labute approximate surface area is 257 Å². The van der Waals surface area contributed by atoms with Gasteiger partial charge in [0.2, 0.25) is 0 Å². The molecule has 0 atom stereocenters. The van der Waals surface area contributed by atoms with E-state index in [0.29, 0.717) is 43.3 Å². The highest BCUT2D eigenvalue weighted by Crippen LogP contribution is 2.30. The molecule has 8 nitrogen and oxygen atoms in total. The largest absolute Gasteiger partial charge is 0.493 e. The molecule has 0 aliphatic heterocycles. The topological polar surface area (TPSA) is 84.5 Å². The van der Waals surface area contributed by atoms with Crippen LogP contribution in [0.1, 0.15) is 39.0 Å². The zero-order valence-corrected chi connectivity index (χ0v) is 25.5. The number of nitrogens with one attached hydrogen (secondary N) is 1. The SMILES string of the molecule is COOCc1ccc2cc(OCCCOc3cc4ccc(C)cc4cc3C(=O)Nc3ccccc3C)c(COOC)cc2c1. The zero-order chi connectivity index (χ0) is 30.9. The number of amides is 1. The van der Waals surface area contributed by atoms with Gasteiger partial charge in [-0.25, -0.2) is 19.6 Å². The van der Waals surface area contributed by atoms with Crippen LogP contribution in [0.15, 0.2) is 84.9 Å². The van der Waals surface area contributed by atoms with Gasteiger partial charge >= 0.3 is 0 Å². The molecule has 0 saturated carbocycles. The molecule has 0 aliphatic rings. The number of fused-ring (bicyclic) bond motifs is 2. The maximum atomic E-state index is 13.4. The lowest BCUT2D eigenvalue weighted by Gasteiger charge is -2.16. The minimum absolute atomic E-state index is 0.218. The van der Waals surface area contributed by atoms with Gasteiger partial charge in [-0.15, -0.1) is 0 Å². The van der Waals surface area contributed by atoms with Crippen molar-refractivity contribution in [2.24, 2.45) is 0 Å². The van der Waals surface area contributed by atoms with Crippen LogP contribution >= 0.6 is 0 Å². The molecule has 5 rings (SSSR count). The summed E-state index contributed by atoms with van der Waals surface area (Å²) < 4.78 is 12.4. The molecule has 0 heterocycles. The van der Waals surface area contributed by atoms with Gasteiger partial charge in [0.15, 0.2) is 0 Å². The van der Waals surface area contributed by atoms with E-state index in [2.05, 4.69) is 17.4 Å². The number of para-hydroxylation sites is 1. The van der Waals surface area contributed by atoms with E-state index in [1.54, 1.807) is 0 Å². The Morgan fingerprint density at radius 3 is 2.14 bits per heavy atom. The van der Waals surface area contributed by atoms with E-state index < -0.39 is 0 Å². The summed E-state index contributed by atoms with van der Waals surface area (Å²) in [5, 5.41) is 7.07. The fourth-order valence-electron chi connectivity index (χ4n) is 4.98. The second-order valence-electron chi connectivity index (χ2n) is 10.5. The molecule has 0 aromatic heterocycles. The summed E-state index contributed by atoms with van der Waals surface area (Å²) in [7, 11) is 2.96. The van der Waals surface area contributed by atoms with Gasteiger partial charge in [0.25, 0.3) is 5.91 Å². The third-order valence-electron chi connectivity index (χ3n) is 7.30. The fourth-order valence-corrected chi connectivity index (χ4v) is 4.98. The maximum Gasteiger partial charge on any atom is 0.259 e. The number of hydrogen-bond acceptors (Lipinski definition) is 7. The molecule has 5 aromatic rings. The Morgan fingerprint density at radius 1 is 0.682 bits per heavy atom. The molecule has 8 heteroatoms. The normalized spacial score (nSPS) is 11.2. The van der Waals surface area contributed by atoms with Crippen LogP contribution in [-0.2, 0) is 32.8 Å². The number of carbonyl (C=O) groups is 1. The molecule has 1 N–H and O–H groups in total. The van der Waals surface area contributed by atoms with Crippen LogP contribution < -0.4 is 14.8 Å². The summed E-state index contributed by atoms with van der Waals surface area (Å²) in [6.45, 7) is 5.35. The van der Waals surface area contributed by atoms with E-state index in [1.807, 2.05) is 86.6 Å². The van der Waals surface area contributed by atoms with Gasteiger partial charge in [0.05, 0.1) is 33.0 Å². The number of carbonyl (C=O) groups excluding carboxylic acids is 1. The van der Waals surface area contributed by atoms with Gasteiger partial charge < -0.3 is 14.8 Å². The molecular weight excluding hydrogens is 558 g/mol. The van der Waals surface area contributed by atoms with Crippen molar-refractivity contribution in [3.63, 3.8) is 0 Å². The summed E-state index contributed by atoms with van der Waals surface area (Å²) in [4.78, 5) is 33.3. The number of benzene rings is 5. The van der Waals surface area contributed by atoms with Gasteiger partial charge in [0, 0.05) is 17.7 Å². The summed E-state index contributed by atoms with van der Waals surface area (Å²) in [5.74, 6) is 1.01. The first-order valence-electron chi connectivity index (χ1n) is 14.5. The van der Waals surface area contributed by atoms with Crippen LogP contribution in [0.25, 0.3) is 21.5 Å². The smallest absolute Gasteiger partial charge is 0.259 e. The van der Waals surface area contributed by atoms with Crippen molar-refractivity contribution in [2.45, 2.75) is 33.5 Å². The molecule has 0 aliphatic carbocycles. The average Bonchev–Trinajstić information content (AvgIpc) is 3.03. The van der Waals surface area contributed by atoms with E-state index in [0.717, 1.165) is 49.5 Å².